The fourth-order valence-corrected chi connectivity index (χ4v) is 2.19. The third kappa shape index (κ3) is 4.54. The van der Waals surface area contributed by atoms with Gasteiger partial charge in [0.05, 0.1) is 13.2 Å². The smallest absolute Gasteiger partial charge is 0.241 e. The number of ether oxygens (including phenoxy) is 1. The molecule has 2 rings (SSSR count). The van der Waals surface area contributed by atoms with Gasteiger partial charge in [-0.25, -0.2) is 0 Å². The van der Waals surface area contributed by atoms with Crippen molar-refractivity contribution >= 4 is 11.8 Å². The summed E-state index contributed by atoms with van der Waals surface area (Å²) in [6.45, 7) is 2.70. The van der Waals surface area contributed by atoms with Gasteiger partial charge < -0.3 is 20.7 Å². The van der Waals surface area contributed by atoms with Crippen LogP contribution in [0.2, 0.25) is 0 Å². The van der Waals surface area contributed by atoms with Gasteiger partial charge in [0.1, 0.15) is 6.04 Å². The van der Waals surface area contributed by atoms with Gasteiger partial charge in [0.15, 0.2) is 0 Å². The molecule has 0 spiro atoms. The molecular formula is C15H21N3O3. The van der Waals surface area contributed by atoms with Crippen LogP contribution in [0, 0.1) is 0 Å². The standard InChI is InChI=1S/C15H21N3O3/c16-14(12-4-2-1-3-5-12)15(20)17-7-6-13(19)18-8-10-21-11-9-18/h1-5,14H,6-11,16H2,(H,17,20)/t14-/m0/s1. The maximum Gasteiger partial charge on any atom is 0.241 e. The summed E-state index contributed by atoms with van der Waals surface area (Å²) >= 11 is 0. The molecule has 0 unspecified atom stereocenters. The molecule has 0 aromatic heterocycles. The Hall–Kier alpha value is -1.92. The molecule has 2 amide bonds. The number of nitrogens with two attached hydrogens (primary N) is 1. The van der Waals surface area contributed by atoms with E-state index in [-0.39, 0.29) is 18.2 Å². The normalized spacial score (nSPS) is 16.3. The van der Waals surface area contributed by atoms with Crippen molar-refractivity contribution in [2.24, 2.45) is 5.73 Å². The number of hydrogen-bond donors (Lipinski definition) is 2. The zero-order valence-corrected chi connectivity index (χ0v) is 12.0. The van der Waals surface area contributed by atoms with Gasteiger partial charge in [-0.2, -0.15) is 0 Å². The highest BCUT2D eigenvalue weighted by Gasteiger charge is 2.18. The number of benzene rings is 1. The number of carbonyl (C=O) groups excluding carboxylic acids is 2. The fourth-order valence-electron chi connectivity index (χ4n) is 2.19. The van der Waals surface area contributed by atoms with E-state index in [4.69, 9.17) is 10.5 Å². The molecule has 114 valence electrons. The average molecular weight is 291 g/mol. The van der Waals surface area contributed by atoms with E-state index < -0.39 is 6.04 Å². The van der Waals surface area contributed by atoms with Crippen LogP contribution in [0.5, 0.6) is 0 Å². The zero-order chi connectivity index (χ0) is 15.1. The predicted molar refractivity (Wildman–Crippen MR) is 78.4 cm³/mol. The maximum atomic E-state index is 11.9. The lowest BCUT2D eigenvalue weighted by atomic mass is 10.1. The van der Waals surface area contributed by atoms with Crippen molar-refractivity contribution in [2.45, 2.75) is 12.5 Å². The highest BCUT2D eigenvalue weighted by Crippen LogP contribution is 2.09. The Morgan fingerprint density at radius 3 is 2.57 bits per heavy atom. The summed E-state index contributed by atoms with van der Waals surface area (Å²) in [5.74, 6) is -0.233. The van der Waals surface area contributed by atoms with Crippen molar-refractivity contribution in [3.05, 3.63) is 35.9 Å². The van der Waals surface area contributed by atoms with Crippen LogP contribution in [0.3, 0.4) is 0 Å². The molecule has 3 N–H and O–H groups in total. The lowest BCUT2D eigenvalue weighted by Crippen LogP contribution is -2.42. The van der Waals surface area contributed by atoms with E-state index in [0.29, 0.717) is 32.8 Å². The van der Waals surface area contributed by atoms with E-state index in [1.165, 1.54) is 0 Å². The minimum absolute atomic E-state index is 0.0342. The predicted octanol–water partition coefficient (Wildman–Crippen LogP) is 0.0515. The van der Waals surface area contributed by atoms with E-state index in [1.54, 1.807) is 4.90 Å². The molecule has 0 radical (unpaired) electrons. The minimum atomic E-state index is -0.704. The Morgan fingerprint density at radius 1 is 1.24 bits per heavy atom. The second-order valence-electron chi connectivity index (χ2n) is 4.92. The fraction of sp³-hybridized carbons (Fsp3) is 0.467. The number of carbonyl (C=O) groups is 2. The largest absolute Gasteiger partial charge is 0.378 e. The van der Waals surface area contributed by atoms with Crippen molar-refractivity contribution in [3.8, 4) is 0 Å². The molecule has 1 aliphatic heterocycles. The lowest BCUT2D eigenvalue weighted by molar-refractivity contribution is -0.135. The summed E-state index contributed by atoms with van der Waals surface area (Å²) in [6.07, 6.45) is 0.285. The first-order valence-electron chi connectivity index (χ1n) is 7.12. The molecule has 21 heavy (non-hydrogen) atoms. The van der Waals surface area contributed by atoms with Crippen LogP contribution in [0.1, 0.15) is 18.0 Å². The molecule has 6 nitrogen and oxygen atoms in total. The Labute approximate surface area is 124 Å². The summed E-state index contributed by atoms with van der Waals surface area (Å²) in [5.41, 5.74) is 6.63. The second-order valence-corrected chi connectivity index (χ2v) is 4.92. The summed E-state index contributed by atoms with van der Waals surface area (Å²) < 4.78 is 5.19. The van der Waals surface area contributed by atoms with Gasteiger partial charge in [-0.05, 0) is 5.56 Å². The maximum absolute atomic E-state index is 11.9. The number of amides is 2. The Bertz CT molecular complexity index is 472. The van der Waals surface area contributed by atoms with Crippen LogP contribution in [0.25, 0.3) is 0 Å². The second kappa shape index (κ2) is 7.75. The summed E-state index contributed by atoms with van der Waals surface area (Å²) in [6, 6.07) is 8.46. The first kappa shape index (κ1) is 15.5. The number of rotatable bonds is 5. The molecule has 1 aromatic carbocycles. The van der Waals surface area contributed by atoms with Crippen LogP contribution in [-0.4, -0.2) is 49.6 Å². The molecule has 1 aliphatic rings. The van der Waals surface area contributed by atoms with Gasteiger partial charge in [0.25, 0.3) is 0 Å². The van der Waals surface area contributed by atoms with Crippen molar-refractivity contribution < 1.29 is 14.3 Å². The van der Waals surface area contributed by atoms with Gasteiger partial charge in [-0.1, -0.05) is 30.3 Å². The molecule has 0 aliphatic carbocycles. The van der Waals surface area contributed by atoms with Crippen LogP contribution in [0.4, 0.5) is 0 Å². The minimum Gasteiger partial charge on any atom is -0.378 e. The van der Waals surface area contributed by atoms with Crippen molar-refractivity contribution in [3.63, 3.8) is 0 Å². The quantitative estimate of drug-likeness (QED) is 0.803. The molecule has 0 bridgehead atoms. The number of nitrogens with one attached hydrogen (secondary N) is 1. The SMILES string of the molecule is N[C@H](C(=O)NCCC(=O)N1CCOCC1)c1ccccc1. The Morgan fingerprint density at radius 2 is 1.90 bits per heavy atom. The molecule has 6 heteroatoms. The highest BCUT2D eigenvalue weighted by molar-refractivity contribution is 5.83. The average Bonchev–Trinajstić information content (AvgIpc) is 2.55. The van der Waals surface area contributed by atoms with Crippen LogP contribution < -0.4 is 11.1 Å². The molecule has 1 fully saturated rings. The molecule has 1 atom stereocenters. The Kier molecular flexibility index (Phi) is 5.71. The van der Waals surface area contributed by atoms with E-state index in [9.17, 15) is 9.59 Å². The molecule has 1 heterocycles. The van der Waals surface area contributed by atoms with Gasteiger partial charge in [-0.3, -0.25) is 9.59 Å². The number of morpholine rings is 1. The third-order valence-corrected chi connectivity index (χ3v) is 3.44. The van der Waals surface area contributed by atoms with Crippen molar-refractivity contribution in [1.82, 2.24) is 10.2 Å². The van der Waals surface area contributed by atoms with E-state index in [2.05, 4.69) is 5.32 Å². The summed E-state index contributed by atoms with van der Waals surface area (Å²) in [5, 5.41) is 2.71. The highest BCUT2D eigenvalue weighted by atomic mass is 16.5. The van der Waals surface area contributed by atoms with Crippen LogP contribution in [0.15, 0.2) is 30.3 Å². The van der Waals surface area contributed by atoms with E-state index in [0.717, 1.165) is 5.56 Å². The summed E-state index contributed by atoms with van der Waals surface area (Å²) in [4.78, 5) is 25.6. The van der Waals surface area contributed by atoms with E-state index in [1.807, 2.05) is 30.3 Å². The van der Waals surface area contributed by atoms with Gasteiger partial charge in [0.2, 0.25) is 11.8 Å². The number of nitrogens with zero attached hydrogens (tertiary/aromatic N) is 1. The summed E-state index contributed by atoms with van der Waals surface area (Å²) in [7, 11) is 0. The van der Waals surface area contributed by atoms with Crippen LogP contribution >= 0.6 is 0 Å². The first-order chi connectivity index (χ1) is 10.2. The van der Waals surface area contributed by atoms with Crippen LogP contribution in [-0.2, 0) is 14.3 Å². The van der Waals surface area contributed by atoms with Gasteiger partial charge in [-0.15, -0.1) is 0 Å². The van der Waals surface area contributed by atoms with E-state index >= 15 is 0 Å². The Balaban J connectivity index is 1.72. The molecule has 1 saturated heterocycles. The first-order valence-corrected chi connectivity index (χ1v) is 7.12. The lowest BCUT2D eigenvalue weighted by Gasteiger charge is -2.26. The monoisotopic (exact) mass is 291 g/mol. The zero-order valence-electron chi connectivity index (χ0n) is 12.0. The number of hydrogen-bond acceptors (Lipinski definition) is 4. The van der Waals surface area contributed by atoms with Gasteiger partial charge in [0, 0.05) is 26.1 Å². The van der Waals surface area contributed by atoms with Gasteiger partial charge >= 0.3 is 0 Å². The van der Waals surface area contributed by atoms with Crippen molar-refractivity contribution in [2.75, 3.05) is 32.8 Å². The molecular weight excluding hydrogens is 270 g/mol. The third-order valence-electron chi connectivity index (χ3n) is 3.44. The topological polar surface area (TPSA) is 84.7 Å². The van der Waals surface area contributed by atoms with Crippen molar-refractivity contribution in [1.29, 1.82) is 0 Å². The molecule has 0 saturated carbocycles. The molecule has 1 aromatic rings.